The third-order valence-corrected chi connectivity index (χ3v) is 10.8. The topological polar surface area (TPSA) is 0 Å². The number of rotatable bonds is 3. The van der Waals surface area contributed by atoms with Gasteiger partial charge in [-0.25, -0.2) is 0 Å². The molecule has 220 valence electrons. The first-order valence-corrected chi connectivity index (χ1v) is 16.6. The molecule has 0 nitrogen and oxygen atoms in total. The minimum atomic E-state index is -0.158. The highest BCUT2D eigenvalue weighted by atomic mass is 14.4. The maximum Gasteiger partial charge on any atom is 0.0159 e. The molecule has 47 heavy (non-hydrogen) atoms. The zero-order valence-corrected chi connectivity index (χ0v) is 26.5. The summed E-state index contributed by atoms with van der Waals surface area (Å²) < 4.78 is 0. The fraction of sp³-hybridized carbons (Fsp3) is 0.0638. The summed E-state index contributed by atoms with van der Waals surface area (Å²) in [5.74, 6) is 0. The van der Waals surface area contributed by atoms with Crippen LogP contribution in [0.4, 0.5) is 0 Å². The van der Waals surface area contributed by atoms with E-state index in [1.54, 1.807) is 0 Å². The van der Waals surface area contributed by atoms with Crippen molar-refractivity contribution in [1.82, 2.24) is 0 Å². The lowest BCUT2D eigenvalue weighted by molar-refractivity contribution is 0.645. The molecule has 2 aliphatic rings. The van der Waals surface area contributed by atoms with Crippen molar-refractivity contribution >= 4 is 21.5 Å². The summed E-state index contributed by atoms with van der Waals surface area (Å²) in [5.41, 5.74) is 18.4. The number of hydrogen-bond donors (Lipinski definition) is 0. The molecule has 0 heterocycles. The third kappa shape index (κ3) is 3.59. The second-order valence-electron chi connectivity index (χ2n) is 13.6. The van der Waals surface area contributed by atoms with Crippen LogP contribution in [0.2, 0.25) is 0 Å². The Kier molecular flexibility index (Phi) is 5.44. The molecule has 8 aromatic carbocycles. The molecule has 2 aliphatic carbocycles. The van der Waals surface area contributed by atoms with Gasteiger partial charge in [-0.15, -0.1) is 0 Å². The molecule has 0 fully saturated rings. The van der Waals surface area contributed by atoms with Crippen LogP contribution in [0.15, 0.2) is 158 Å². The minimum Gasteiger partial charge on any atom is -0.0622 e. The Morgan fingerprint density at radius 3 is 1.36 bits per heavy atom. The summed E-state index contributed by atoms with van der Waals surface area (Å²) in [7, 11) is 0. The highest BCUT2D eigenvalue weighted by Crippen LogP contribution is 2.61. The van der Waals surface area contributed by atoms with Crippen LogP contribution in [-0.2, 0) is 5.41 Å². The van der Waals surface area contributed by atoms with Crippen molar-refractivity contribution in [2.24, 2.45) is 0 Å². The fourth-order valence-corrected chi connectivity index (χ4v) is 8.70. The second kappa shape index (κ2) is 9.64. The maximum absolute atomic E-state index is 2.43. The van der Waals surface area contributed by atoms with Gasteiger partial charge in [0, 0.05) is 5.41 Å². The molecule has 0 N–H and O–H groups in total. The largest absolute Gasteiger partial charge is 0.0622 e. The van der Waals surface area contributed by atoms with Crippen molar-refractivity contribution in [2.45, 2.75) is 19.3 Å². The molecule has 8 aromatic rings. The molecule has 0 aliphatic heterocycles. The van der Waals surface area contributed by atoms with Gasteiger partial charge in [0.15, 0.2) is 0 Å². The quantitative estimate of drug-likeness (QED) is 0.190. The van der Waals surface area contributed by atoms with Crippen LogP contribution in [-0.4, -0.2) is 0 Å². The Morgan fingerprint density at radius 1 is 0.319 bits per heavy atom. The highest BCUT2D eigenvalue weighted by Gasteiger charge is 2.38. The van der Waals surface area contributed by atoms with E-state index in [9.17, 15) is 0 Å². The Bertz CT molecular complexity index is 2460. The Morgan fingerprint density at radius 2 is 0.787 bits per heavy atom. The molecule has 0 aromatic heterocycles. The predicted octanol–water partition coefficient (Wildman–Crippen LogP) is 12.9. The molecule has 0 saturated heterocycles. The third-order valence-electron chi connectivity index (χ3n) is 10.8. The summed E-state index contributed by atoms with van der Waals surface area (Å²) in [5, 5.41) is 5.40. The zero-order chi connectivity index (χ0) is 31.3. The van der Waals surface area contributed by atoms with E-state index in [4.69, 9.17) is 0 Å². The van der Waals surface area contributed by atoms with E-state index in [1.807, 2.05) is 0 Å². The monoisotopic (exact) mass is 596 g/mol. The number of fused-ring (bicyclic) bond motifs is 6. The van der Waals surface area contributed by atoms with E-state index in [2.05, 4.69) is 172 Å². The van der Waals surface area contributed by atoms with E-state index < -0.39 is 0 Å². The molecule has 0 heteroatoms. The second-order valence-corrected chi connectivity index (χ2v) is 13.6. The van der Waals surface area contributed by atoms with E-state index >= 15 is 0 Å². The molecular formula is C47H32. The van der Waals surface area contributed by atoms with Gasteiger partial charge in [-0.2, -0.15) is 0 Å². The van der Waals surface area contributed by atoms with Gasteiger partial charge in [0.25, 0.3) is 0 Å². The lowest BCUT2D eigenvalue weighted by Gasteiger charge is -2.36. The van der Waals surface area contributed by atoms with Crippen LogP contribution in [0.5, 0.6) is 0 Å². The van der Waals surface area contributed by atoms with E-state index in [0.717, 1.165) is 0 Å². The van der Waals surface area contributed by atoms with Crippen LogP contribution >= 0.6 is 0 Å². The average molecular weight is 597 g/mol. The molecule has 0 atom stereocenters. The minimum absolute atomic E-state index is 0.158. The first-order valence-electron chi connectivity index (χ1n) is 16.6. The number of hydrogen-bond acceptors (Lipinski definition) is 0. The molecule has 0 bridgehead atoms. The Labute approximate surface area is 275 Å². The average Bonchev–Trinajstić information content (AvgIpc) is 3.46. The van der Waals surface area contributed by atoms with Gasteiger partial charge in [0.05, 0.1) is 0 Å². The molecule has 0 radical (unpaired) electrons. The van der Waals surface area contributed by atoms with Crippen molar-refractivity contribution in [3.63, 3.8) is 0 Å². The summed E-state index contributed by atoms with van der Waals surface area (Å²) in [6, 6.07) is 58.6. The predicted molar refractivity (Wildman–Crippen MR) is 200 cm³/mol. The normalized spacial score (nSPS) is 13.5. The molecule has 0 spiro atoms. The smallest absolute Gasteiger partial charge is 0.0159 e. The Hall–Kier alpha value is -5.72. The summed E-state index contributed by atoms with van der Waals surface area (Å²) in [6.07, 6.45) is 0. The summed E-state index contributed by atoms with van der Waals surface area (Å²) >= 11 is 0. The zero-order valence-electron chi connectivity index (χ0n) is 26.5. The Balaban J connectivity index is 1.34. The fourth-order valence-electron chi connectivity index (χ4n) is 8.70. The van der Waals surface area contributed by atoms with Crippen molar-refractivity contribution < 1.29 is 0 Å². The van der Waals surface area contributed by atoms with Gasteiger partial charge in [-0.3, -0.25) is 0 Å². The summed E-state index contributed by atoms with van der Waals surface area (Å²) in [4.78, 5) is 0. The van der Waals surface area contributed by atoms with Gasteiger partial charge in [0.1, 0.15) is 0 Å². The van der Waals surface area contributed by atoms with Gasteiger partial charge in [0.2, 0.25) is 0 Å². The molecule has 0 amide bonds. The number of benzene rings is 8. The highest BCUT2D eigenvalue weighted by molar-refractivity contribution is 6.29. The lowest BCUT2D eigenvalue weighted by Crippen LogP contribution is -2.23. The lowest BCUT2D eigenvalue weighted by atomic mass is 9.67. The first-order chi connectivity index (χ1) is 23.1. The molecule has 0 unspecified atom stereocenters. The standard InChI is InChI=1S/C47H32/c1-47(2)39-27-26-38-43-37(25-24-36(44(39)43)33-23-22-32(28-40(33)47)29-14-6-3-7-15-29)45-41(30-16-8-4-9-17-30)34-20-12-13-21-35(34)42(46(38)45)31-18-10-5-11-19-31/h3-28H,1-2H3. The van der Waals surface area contributed by atoms with Crippen LogP contribution in [0.3, 0.4) is 0 Å². The van der Waals surface area contributed by atoms with E-state index in [0.29, 0.717) is 0 Å². The molecular weight excluding hydrogens is 565 g/mol. The SMILES string of the molecule is CC1(C)c2cc(-c3ccccc3)ccc2-c2ccc3c4c(ccc1c24)-c1c-3c(-c2ccccc2)c2ccccc2c1-c1ccccc1. The van der Waals surface area contributed by atoms with Crippen molar-refractivity contribution in [3.05, 3.63) is 169 Å². The van der Waals surface area contributed by atoms with Gasteiger partial charge in [-0.05, 0) is 105 Å². The van der Waals surface area contributed by atoms with Crippen molar-refractivity contribution in [3.8, 4) is 66.8 Å². The maximum atomic E-state index is 2.43. The van der Waals surface area contributed by atoms with Gasteiger partial charge < -0.3 is 0 Å². The van der Waals surface area contributed by atoms with E-state index in [1.165, 1.54) is 99.4 Å². The van der Waals surface area contributed by atoms with Crippen LogP contribution in [0, 0.1) is 0 Å². The van der Waals surface area contributed by atoms with Gasteiger partial charge in [-0.1, -0.05) is 166 Å². The van der Waals surface area contributed by atoms with Crippen LogP contribution in [0.25, 0.3) is 88.3 Å². The van der Waals surface area contributed by atoms with Crippen LogP contribution in [0.1, 0.15) is 25.0 Å². The van der Waals surface area contributed by atoms with Gasteiger partial charge >= 0.3 is 0 Å². The van der Waals surface area contributed by atoms with Crippen LogP contribution < -0.4 is 0 Å². The summed E-state index contributed by atoms with van der Waals surface area (Å²) in [6.45, 7) is 4.82. The molecule has 10 rings (SSSR count). The van der Waals surface area contributed by atoms with Crippen molar-refractivity contribution in [2.75, 3.05) is 0 Å². The molecule has 0 saturated carbocycles. The van der Waals surface area contributed by atoms with Crippen molar-refractivity contribution in [1.29, 1.82) is 0 Å². The first kappa shape index (κ1) is 26.5. The van der Waals surface area contributed by atoms with E-state index in [-0.39, 0.29) is 5.41 Å².